The first-order valence-electron chi connectivity index (χ1n) is 8.25. The predicted molar refractivity (Wildman–Crippen MR) is 84.8 cm³/mol. The van der Waals surface area contributed by atoms with Gasteiger partial charge in [-0.05, 0) is 6.42 Å². The van der Waals surface area contributed by atoms with Crippen LogP contribution in [0.15, 0.2) is 0 Å². The van der Waals surface area contributed by atoms with Crippen LogP contribution >= 0.6 is 0 Å². The van der Waals surface area contributed by atoms with Gasteiger partial charge in [0, 0.05) is 13.7 Å². The molecular formula is C16H31NO5. The van der Waals surface area contributed by atoms with Crippen LogP contribution in [-0.4, -0.2) is 45.5 Å². The number of carbonyl (C=O) groups is 2. The smallest absolute Gasteiger partial charge is 0.407 e. The van der Waals surface area contributed by atoms with Crippen LogP contribution in [0.2, 0.25) is 0 Å². The molecule has 0 saturated heterocycles. The zero-order valence-electron chi connectivity index (χ0n) is 14.0. The van der Waals surface area contributed by atoms with E-state index in [0.717, 1.165) is 12.8 Å². The van der Waals surface area contributed by atoms with Crippen LogP contribution in [0, 0.1) is 0 Å². The summed E-state index contributed by atoms with van der Waals surface area (Å²) < 4.78 is 14.6. The average Bonchev–Trinajstić information content (AvgIpc) is 2.50. The Labute approximate surface area is 133 Å². The second-order valence-corrected chi connectivity index (χ2v) is 5.15. The molecule has 0 heterocycles. The molecule has 1 N–H and O–H groups in total. The number of ether oxygens (including phenoxy) is 3. The van der Waals surface area contributed by atoms with Gasteiger partial charge in [-0.15, -0.1) is 0 Å². The number of alkyl carbamates (subject to hydrolysis) is 1. The van der Waals surface area contributed by atoms with Crippen molar-refractivity contribution in [2.45, 2.75) is 58.3 Å². The summed E-state index contributed by atoms with van der Waals surface area (Å²) in [5.41, 5.74) is 0. The van der Waals surface area contributed by atoms with Crippen molar-refractivity contribution in [3.05, 3.63) is 0 Å². The Morgan fingerprint density at radius 2 is 1.55 bits per heavy atom. The molecule has 0 aliphatic heterocycles. The largest absolute Gasteiger partial charge is 0.466 e. The van der Waals surface area contributed by atoms with Gasteiger partial charge in [0.25, 0.3) is 0 Å². The van der Waals surface area contributed by atoms with Gasteiger partial charge < -0.3 is 19.5 Å². The Morgan fingerprint density at radius 3 is 2.23 bits per heavy atom. The molecule has 6 heteroatoms. The number of amides is 1. The molecule has 22 heavy (non-hydrogen) atoms. The van der Waals surface area contributed by atoms with E-state index in [1.54, 1.807) is 0 Å². The third-order valence-electron chi connectivity index (χ3n) is 3.13. The summed E-state index contributed by atoms with van der Waals surface area (Å²) in [7, 11) is 1.53. The summed E-state index contributed by atoms with van der Waals surface area (Å²) in [6, 6.07) is 0. The van der Waals surface area contributed by atoms with Gasteiger partial charge in [0.1, 0.15) is 6.61 Å². The molecule has 0 aromatic heterocycles. The van der Waals surface area contributed by atoms with Crippen LogP contribution in [0.5, 0.6) is 0 Å². The van der Waals surface area contributed by atoms with Gasteiger partial charge >= 0.3 is 12.1 Å². The Kier molecular flexibility index (Phi) is 15.1. The van der Waals surface area contributed by atoms with Crippen molar-refractivity contribution in [3.63, 3.8) is 0 Å². The molecule has 0 aliphatic rings. The van der Waals surface area contributed by atoms with E-state index in [-0.39, 0.29) is 25.5 Å². The fraction of sp³-hybridized carbons (Fsp3) is 0.875. The van der Waals surface area contributed by atoms with Crippen molar-refractivity contribution < 1.29 is 23.8 Å². The molecule has 1 amide bonds. The highest BCUT2D eigenvalue weighted by molar-refractivity contribution is 5.71. The molecule has 0 saturated carbocycles. The number of nitrogens with one attached hydrogen (secondary N) is 1. The van der Waals surface area contributed by atoms with E-state index < -0.39 is 6.09 Å². The Morgan fingerprint density at radius 1 is 0.864 bits per heavy atom. The first-order valence-corrected chi connectivity index (χ1v) is 8.25. The van der Waals surface area contributed by atoms with Gasteiger partial charge in [-0.3, -0.25) is 4.79 Å². The maximum atomic E-state index is 11.4. The molecule has 0 radical (unpaired) electrons. The van der Waals surface area contributed by atoms with Crippen molar-refractivity contribution in [1.82, 2.24) is 5.32 Å². The zero-order chi connectivity index (χ0) is 16.5. The molecule has 0 spiro atoms. The van der Waals surface area contributed by atoms with Crippen LogP contribution in [0.4, 0.5) is 4.79 Å². The lowest BCUT2D eigenvalue weighted by molar-refractivity contribution is -0.143. The highest BCUT2D eigenvalue weighted by atomic mass is 16.6. The van der Waals surface area contributed by atoms with Gasteiger partial charge in [-0.2, -0.15) is 0 Å². The quantitative estimate of drug-likeness (QED) is 0.394. The predicted octanol–water partition coefficient (Wildman–Crippen LogP) is 3.04. The van der Waals surface area contributed by atoms with Crippen molar-refractivity contribution >= 4 is 12.1 Å². The van der Waals surface area contributed by atoms with Crippen LogP contribution in [0.3, 0.4) is 0 Å². The topological polar surface area (TPSA) is 73.9 Å². The fourth-order valence-electron chi connectivity index (χ4n) is 1.85. The van der Waals surface area contributed by atoms with Gasteiger partial charge in [-0.25, -0.2) is 4.79 Å². The van der Waals surface area contributed by atoms with Crippen LogP contribution in [0.1, 0.15) is 58.3 Å². The average molecular weight is 317 g/mol. The van der Waals surface area contributed by atoms with Gasteiger partial charge in [-0.1, -0.05) is 45.4 Å². The first-order chi connectivity index (χ1) is 10.7. The lowest BCUT2D eigenvalue weighted by Gasteiger charge is -2.07. The highest BCUT2D eigenvalue weighted by Crippen LogP contribution is 2.06. The molecule has 0 atom stereocenters. The van der Waals surface area contributed by atoms with E-state index in [1.807, 2.05) is 0 Å². The second kappa shape index (κ2) is 16.1. The molecule has 0 fully saturated rings. The summed E-state index contributed by atoms with van der Waals surface area (Å²) in [6.45, 7) is 3.44. The summed E-state index contributed by atoms with van der Waals surface area (Å²) in [5, 5.41) is 2.49. The fourth-order valence-corrected chi connectivity index (χ4v) is 1.85. The Balaban J connectivity index is 3.30. The van der Waals surface area contributed by atoms with E-state index in [0.29, 0.717) is 13.2 Å². The van der Waals surface area contributed by atoms with Gasteiger partial charge in [0.05, 0.1) is 19.6 Å². The number of hydrogen-bond donors (Lipinski definition) is 1. The van der Waals surface area contributed by atoms with Crippen molar-refractivity contribution in [1.29, 1.82) is 0 Å². The third kappa shape index (κ3) is 15.1. The van der Waals surface area contributed by atoms with E-state index in [4.69, 9.17) is 14.2 Å². The minimum absolute atomic E-state index is 0.163. The van der Waals surface area contributed by atoms with Crippen LogP contribution in [0.25, 0.3) is 0 Å². The van der Waals surface area contributed by atoms with Crippen LogP contribution in [-0.2, 0) is 19.0 Å². The Hall–Kier alpha value is -1.30. The van der Waals surface area contributed by atoms with Crippen molar-refractivity contribution in [3.8, 4) is 0 Å². The lowest BCUT2D eigenvalue weighted by atomic mass is 10.1. The number of carbonyl (C=O) groups excluding carboxylic acids is 2. The van der Waals surface area contributed by atoms with E-state index in [9.17, 15) is 9.59 Å². The maximum absolute atomic E-state index is 11.4. The summed E-state index contributed by atoms with van der Waals surface area (Å²) >= 11 is 0. The monoisotopic (exact) mass is 317 g/mol. The van der Waals surface area contributed by atoms with E-state index in [1.165, 1.54) is 39.2 Å². The van der Waals surface area contributed by atoms with Crippen LogP contribution < -0.4 is 5.32 Å². The number of hydrogen-bond acceptors (Lipinski definition) is 5. The van der Waals surface area contributed by atoms with Crippen molar-refractivity contribution in [2.75, 3.05) is 33.5 Å². The normalized spacial score (nSPS) is 10.3. The Bertz CT molecular complexity index is 284. The first kappa shape index (κ1) is 20.7. The van der Waals surface area contributed by atoms with E-state index in [2.05, 4.69) is 12.2 Å². The molecule has 0 rings (SSSR count). The van der Waals surface area contributed by atoms with Gasteiger partial charge in [0.15, 0.2) is 0 Å². The summed E-state index contributed by atoms with van der Waals surface area (Å²) in [6.07, 6.45) is 7.94. The molecule has 6 nitrogen and oxygen atoms in total. The second-order valence-electron chi connectivity index (χ2n) is 5.15. The van der Waals surface area contributed by atoms with Crippen molar-refractivity contribution in [2.24, 2.45) is 0 Å². The third-order valence-corrected chi connectivity index (χ3v) is 3.13. The molecule has 0 aromatic carbocycles. The SMILES string of the molecule is CCCCCCCCCOC(=O)CCNC(=O)OCCOC. The number of rotatable bonds is 14. The summed E-state index contributed by atoms with van der Waals surface area (Å²) in [4.78, 5) is 22.6. The van der Waals surface area contributed by atoms with E-state index >= 15 is 0 Å². The maximum Gasteiger partial charge on any atom is 0.407 e. The number of unbranched alkanes of at least 4 members (excludes halogenated alkanes) is 6. The molecule has 0 aliphatic carbocycles. The molecular weight excluding hydrogens is 286 g/mol. The standard InChI is InChI=1S/C16H31NO5/c1-3-4-5-6-7-8-9-12-21-15(18)10-11-17-16(19)22-14-13-20-2/h3-14H2,1-2H3,(H,17,19). The highest BCUT2D eigenvalue weighted by Gasteiger charge is 2.05. The molecule has 130 valence electrons. The zero-order valence-corrected chi connectivity index (χ0v) is 14.0. The number of methoxy groups -OCH3 is 1. The lowest BCUT2D eigenvalue weighted by Crippen LogP contribution is -2.28. The minimum Gasteiger partial charge on any atom is -0.466 e. The molecule has 0 aromatic rings. The molecule has 0 unspecified atom stereocenters. The number of esters is 1. The molecule has 0 bridgehead atoms. The minimum atomic E-state index is -0.545. The summed E-state index contributed by atoms with van der Waals surface area (Å²) in [5.74, 6) is -0.289. The van der Waals surface area contributed by atoms with Gasteiger partial charge in [0.2, 0.25) is 0 Å².